The van der Waals surface area contributed by atoms with E-state index in [1.165, 1.54) is 16.3 Å². The van der Waals surface area contributed by atoms with Crippen LogP contribution in [0, 0.1) is 5.92 Å². The van der Waals surface area contributed by atoms with E-state index in [1.54, 1.807) is 0 Å². The van der Waals surface area contributed by atoms with Gasteiger partial charge < -0.3 is 15.0 Å². The van der Waals surface area contributed by atoms with Crippen LogP contribution in [0.5, 0.6) is 0 Å². The Kier molecular flexibility index (Phi) is 5.00. The number of fused-ring (bicyclic) bond motifs is 1. The molecule has 2 unspecified atom stereocenters. The molecular formula is C21H28N2O2. The molecule has 4 nitrogen and oxygen atoms in total. The number of nitrogens with one attached hydrogen (secondary N) is 1. The maximum atomic E-state index is 12.2. The van der Waals surface area contributed by atoms with Gasteiger partial charge in [0.25, 0.3) is 0 Å². The Hall–Kier alpha value is -2.07. The van der Waals surface area contributed by atoms with E-state index in [0.717, 1.165) is 13.1 Å². The van der Waals surface area contributed by atoms with Crippen LogP contribution >= 0.6 is 0 Å². The number of benzene rings is 2. The average molecular weight is 340 g/mol. The minimum absolute atomic E-state index is 0.214. The number of carbonyl (C=O) groups excluding carboxylic acids is 1. The largest absolute Gasteiger partial charge is 0.444 e. The van der Waals surface area contributed by atoms with Crippen LogP contribution < -0.4 is 5.32 Å². The Balaban J connectivity index is 1.58. The summed E-state index contributed by atoms with van der Waals surface area (Å²) in [5.41, 5.74) is 0.818. The van der Waals surface area contributed by atoms with Crippen molar-refractivity contribution in [1.82, 2.24) is 10.2 Å². The zero-order valence-corrected chi connectivity index (χ0v) is 15.6. The van der Waals surface area contributed by atoms with Crippen molar-refractivity contribution >= 4 is 16.9 Å². The summed E-state index contributed by atoms with van der Waals surface area (Å²) in [6.45, 7) is 10.1. The minimum Gasteiger partial charge on any atom is -0.444 e. The standard InChI is InChI=1S/C21H28N2O2/c1-15-13-23(20(24)25-21(2,3)4)14-19(15)22-12-16-9-10-17-7-5-6-8-18(17)11-16/h5-11,15,19,22H,12-14H2,1-4H3. The number of amides is 1. The molecule has 1 saturated heterocycles. The minimum atomic E-state index is -0.447. The van der Waals surface area contributed by atoms with Gasteiger partial charge in [-0.3, -0.25) is 0 Å². The molecule has 2 aromatic rings. The first-order valence-electron chi connectivity index (χ1n) is 9.01. The van der Waals surface area contributed by atoms with Gasteiger partial charge >= 0.3 is 6.09 Å². The second kappa shape index (κ2) is 7.04. The van der Waals surface area contributed by atoms with E-state index < -0.39 is 5.60 Å². The summed E-state index contributed by atoms with van der Waals surface area (Å²) in [7, 11) is 0. The molecule has 4 heteroatoms. The van der Waals surface area contributed by atoms with Crippen molar-refractivity contribution in [2.24, 2.45) is 5.92 Å². The summed E-state index contributed by atoms with van der Waals surface area (Å²) in [4.78, 5) is 14.1. The van der Waals surface area contributed by atoms with E-state index in [4.69, 9.17) is 4.74 Å². The van der Waals surface area contributed by atoms with E-state index in [1.807, 2.05) is 25.7 Å². The maximum absolute atomic E-state index is 12.2. The molecule has 1 amide bonds. The molecule has 0 radical (unpaired) electrons. The van der Waals surface area contributed by atoms with Gasteiger partial charge in [0.1, 0.15) is 5.60 Å². The predicted octanol–water partition coefficient (Wildman–Crippen LogP) is 4.18. The Morgan fingerprint density at radius 1 is 1.16 bits per heavy atom. The molecule has 1 N–H and O–H groups in total. The molecule has 0 spiro atoms. The summed E-state index contributed by atoms with van der Waals surface area (Å²) < 4.78 is 5.49. The second-order valence-corrected chi connectivity index (χ2v) is 8.03. The SMILES string of the molecule is CC1CN(C(=O)OC(C)(C)C)CC1NCc1ccc2ccccc2c1. The summed E-state index contributed by atoms with van der Waals surface area (Å²) >= 11 is 0. The molecular weight excluding hydrogens is 312 g/mol. The van der Waals surface area contributed by atoms with Crippen LogP contribution in [0.1, 0.15) is 33.3 Å². The van der Waals surface area contributed by atoms with Gasteiger partial charge in [-0.1, -0.05) is 43.3 Å². The molecule has 0 saturated carbocycles. The molecule has 2 aromatic carbocycles. The smallest absolute Gasteiger partial charge is 0.410 e. The van der Waals surface area contributed by atoms with Gasteiger partial charge in [0.15, 0.2) is 0 Å². The van der Waals surface area contributed by atoms with Crippen molar-refractivity contribution in [3.63, 3.8) is 0 Å². The lowest BCUT2D eigenvalue weighted by Gasteiger charge is -2.24. The molecule has 1 aliphatic heterocycles. The molecule has 25 heavy (non-hydrogen) atoms. The average Bonchev–Trinajstić information content (AvgIpc) is 2.92. The molecule has 1 fully saturated rings. The predicted molar refractivity (Wildman–Crippen MR) is 102 cm³/mol. The van der Waals surface area contributed by atoms with Crippen molar-refractivity contribution in [2.75, 3.05) is 13.1 Å². The Bertz CT molecular complexity index is 751. The van der Waals surface area contributed by atoms with Crippen molar-refractivity contribution in [3.8, 4) is 0 Å². The molecule has 3 rings (SSSR count). The Morgan fingerprint density at radius 2 is 1.88 bits per heavy atom. The molecule has 1 aliphatic rings. The van der Waals surface area contributed by atoms with Crippen LogP contribution in [0.3, 0.4) is 0 Å². The van der Waals surface area contributed by atoms with Crippen LogP contribution in [-0.2, 0) is 11.3 Å². The van der Waals surface area contributed by atoms with Gasteiger partial charge in [0, 0.05) is 25.7 Å². The van der Waals surface area contributed by atoms with Crippen molar-refractivity contribution in [2.45, 2.75) is 45.9 Å². The quantitative estimate of drug-likeness (QED) is 0.911. The van der Waals surface area contributed by atoms with Crippen molar-refractivity contribution in [3.05, 3.63) is 48.0 Å². The fourth-order valence-corrected chi connectivity index (χ4v) is 3.31. The summed E-state index contributed by atoms with van der Waals surface area (Å²) in [6.07, 6.45) is -0.214. The van der Waals surface area contributed by atoms with Gasteiger partial charge in [0.2, 0.25) is 0 Å². The highest BCUT2D eigenvalue weighted by molar-refractivity contribution is 5.82. The van der Waals surface area contributed by atoms with E-state index in [2.05, 4.69) is 54.7 Å². The molecule has 134 valence electrons. The first kappa shape index (κ1) is 17.7. The third kappa shape index (κ3) is 4.51. The van der Waals surface area contributed by atoms with Gasteiger partial charge in [-0.2, -0.15) is 0 Å². The monoisotopic (exact) mass is 340 g/mol. The first-order valence-corrected chi connectivity index (χ1v) is 9.01. The fourth-order valence-electron chi connectivity index (χ4n) is 3.31. The molecule has 2 atom stereocenters. The van der Waals surface area contributed by atoms with Gasteiger partial charge in [-0.15, -0.1) is 0 Å². The van der Waals surface area contributed by atoms with Crippen LogP contribution in [0.4, 0.5) is 4.79 Å². The van der Waals surface area contributed by atoms with E-state index in [-0.39, 0.29) is 6.09 Å². The van der Waals surface area contributed by atoms with Gasteiger partial charge in [-0.25, -0.2) is 4.79 Å². The summed E-state index contributed by atoms with van der Waals surface area (Å²) in [6, 6.07) is 15.2. The van der Waals surface area contributed by atoms with Gasteiger partial charge in [-0.05, 0) is 49.1 Å². The number of rotatable bonds is 3. The summed E-state index contributed by atoms with van der Waals surface area (Å²) in [5.74, 6) is 0.410. The lowest BCUT2D eigenvalue weighted by Crippen LogP contribution is -2.38. The topological polar surface area (TPSA) is 41.6 Å². The summed E-state index contributed by atoms with van der Waals surface area (Å²) in [5, 5.41) is 6.13. The second-order valence-electron chi connectivity index (χ2n) is 8.03. The molecule has 0 bridgehead atoms. The third-order valence-corrected chi connectivity index (χ3v) is 4.65. The van der Waals surface area contributed by atoms with E-state index in [0.29, 0.717) is 18.5 Å². The number of ether oxygens (including phenoxy) is 1. The fraction of sp³-hybridized carbons (Fsp3) is 0.476. The van der Waals surface area contributed by atoms with Gasteiger partial charge in [0.05, 0.1) is 0 Å². The number of hydrogen-bond donors (Lipinski definition) is 1. The highest BCUT2D eigenvalue weighted by Crippen LogP contribution is 2.21. The number of hydrogen-bond acceptors (Lipinski definition) is 3. The Morgan fingerprint density at radius 3 is 2.60 bits per heavy atom. The Labute approximate surface area is 150 Å². The maximum Gasteiger partial charge on any atom is 0.410 e. The van der Waals surface area contributed by atoms with Crippen molar-refractivity contribution in [1.29, 1.82) is 0 Å². The highest BCUT2D eigenvalue weighted by atomic mass is 16.6. The third-order valence-electron chi connectivity index (χ3n) is 4.65. The van der Waals surface area contributed by atoms with Crippen LogP contribution in [0.2, 0.25) is 0 Å². The zero-order chi connectivity index (χ0) is 18.0. The normalized spacial score (nSPS) is 20.9. The first-order chi connectivity index (χ1) is 11.8. The van der Waals surface area contributed by atoms with E-state index >= 15 is 0 Å². The number of likely N-dealkylation sites (tertiary alicyclic amines) is 1. The molecule has 1 heterocycles. The molecule has 0 aliphatic carbocycles. The lowest BCUT2D eigenvalue weighted by molar-refractivity contribution is 0.0286. The molecule has 0 aromatic heterocycles. The zero-order valence-electron chi connectivity index (χ0n) is 15.6. The van der Waals surface area contributed by atoms with E-state index in [9.17, 15) is 4.79 Å². The number of nitrogens with zero attached hydrogens (tertiary/aromatic N) is 1. The van der Waals surface area contributed by atoms with Crippen LogP contribution in [-0.4, -0.2) is 35.7 Å². The number of carbonyl (C=O) groups is 1. The van der Waals surface area contributed by atoms with Crippen LogP contribution in [0.15, 0.2) is 42.5 Å². The van der Waals surface area contributed by atoms with Crippen molar-refractivity contribution < 1.29 is 9.53 Å². The highest BCUT2D eigenvalue weighted by Gasteiger charge is 2.34. The van der Waals surface area contributed by atoms with Crippen LogP contribution in [0.25, 0.3) is 10.8 Å². The lowest BCUT2D eigenvalue weighted by atomic mass is 10.0.